The van der Waals surface area contributed by atoms with Crippen molar-refractivity contribution in [3.05, 3.63) is 58.3 Å². The highest BCUT2D eigenvalue weighted by molar-refractivity contribution is 7.10. The van der Waals surface area contributed by atoms with Gasteiger partial charge >= 0.3 is 0 Å². The average molecular weight is 245 g/mol. The normalized spacial score (nSPS) is 14.2. The van der Waals surface area contributed by atoms with E-state index in [1.807, 2.05) is 47.8 Å². The van der Waals surface area contributed by atoms with Crippen LogP contribution < -0.4 is 5.73 Å². The van der Waals surface area contributed by atoms with Crippen LogP contribution in [-0.2, 0) is 16.8 Å². The second-order valence-electron chi connectivity index (χ2n) is 4.25. The molecular formula is C14H15NOS. The molecule has 17 heavy (non-hydrogen) atoms. The summed E-state index contributed by atoms with van der Waals surface area (Å²) in [4.78, 5) is 13.3. The zero-order valence-electron chi connectivity index (χ0n) is 9.72. The van der Waals surface area contributed by atoms with Gasteiger partial charge in [-0.25, -0.2) is 0 Å². The third-order valence-corrected chi connectivity index (χ3v) is 3.74. The quantitative estimate of drug-likeness (QED) is 0.900. The Morgan fingerprint density at radius 3 is 2.53 bits per heavy atom. The number of hydrogen-bond acceptors (Lipinski definition) is 3. The smallest absolute Gasteiger partial charge is 0.162 e. The van der Waals surface area contributed by atoms with E-state index in [9.17, 15) is 4.79 Å². The summed E-state index contributed by atoms with van der Waals surface area (Å²) in [6, 6.07) is 13.4. The second-order valence-corrected chi connectivity index (χ2v) is 5.28. The molecule has 1 heterocycles. The van der Waals surface area contributed by atoms with Crippen LogP contribution in [0.3, 0.4) is 0 Å². The van der Waals surface area contributed by atoms with Gasteiger partial charge in [-0.3, -0.25) is 4.79 Å². The van der Waals surface area contributed by atoms with E-state index in [0.29, 0.717) is 6.42 Å². The number of benzene rings is 1. The molecule has 1 atom stereocenters. The maximum absolute atomic E-state index is 12.2. The van der Waals surface area contributed by atoms with E-state index in [1.165, 1.54) is 0 Å². The number of hydrogen-bond donors (Lipinski definition) is 1. The molecule has 0 radical (unpaired) electrons. The minimum Gasteiger partial charge on any atom is -0.315 e. The number of thiophene rings is 1. The van der Waals surface area contributed by atoms with Crippen LogP contribution >= 0.6 is 11.3 Å². The Morgan fingerprint density at radius 1 is 1.24 bits per heavy atom. The number of carbonyl (C=O) groups excluding carboxylic acids is 1. The topological polar surface area (TPSA) is 43.1 Å². The summed E-state index contributed by atoms with van der Waals surface area (Å²) in [7, 11) is 0. The van der Waals surface area contributed by atoms with Crippen molar-refractivity contribution in [2.75, 3.05) is 0 Å². The van der Waals surface area contributed by atoms with Crippen molar-refractivity contribution in [1.29, 1.82) is 0 Å². The number of carbonyl (C=O) groups is 1. The van der Waals surface area contributed by atoms with Crippen molar-refractivity contribution >= 4 is 17.1 Å². The van der Waals surface area contributed by atoms with Crippen LogP contribution in [-0.4, -0.2) is 5.78 Å². The van der Waals surface area contributed by atoms with Crippen LogP contribution in [0, 0.1) is 0 Å². The van der Waals surface area contributed by atoms with E-state index in [2.05, 4.69) is 0 Å². The van der Waals surface area contributed by atoms with Gasteiger partial charge < -0.3 is 5.73 Å². The molecule has 2 nitrogen and oxygen atoms in total. The fourth-order valence-corrected chi connectivity index (χ4v) is 2.40. The summed E-state index contributed by atoms with van der Waals surface area (Å²) in [6.07, 6.45) is 0.402. The molecular weight excluding hydrogens is 230 g/mol. The highest BCUT2D eigenvalue weighted by atomic mass is 32.1. The Hall–Kier alpha value is -1.45. The van der Waals surface area contributed by atoms with Gasteiger partial charge in [0.25, 0.3) is 0 Å². The lowest BCUT2D eigenvalue weighted by Crippen LogP contribution is -2.42. The molecule has 0 amide bonds. The van der Waals surface area contributed by atoms with Gasteiger partial charge in [-0.1, -0.05) is 36.4 Å². The first kappa shape index (κ1) is 12.0. The van der Waals surface area contributed by atoms with Crippen molar-refractivity contribution < 1.29 is 4.79 Å². The summed E-state index contributed by atoms with van der Waals surface area (Å²) in [6.45, 7) is 1.78. The molecule has 2 N–H and O–H groups in total. The molecule has 0 spiro atoms. The van der Waals surface area contributed by atoms with Crippen molar-refractivity contribution in [3.63, 3.8) is 0 Å². The third kappa shape index (κ3) is 2.62. The van der Waals surface area contributed by atoms with Gasteiger partial charge in [-0.2, -0.15) is 0 Å². The molecule has 1 aromatic heterocycles. The Kier molecular flexibility index (Phi) is 3.41. The highest BCUT2D eigenvalue weighted by Gasteiger charge is 2.29. The summed E-state index contributed by atoms with van der Waals surface area (Å²) >= 11 is 1.59. The number of ketones is 1. The SMILES string of the molecule is CC(N)(C(=O)Cc1cccs1)c1ccccc1. The van der Waals surface area contributed by atoms with Crippen LogP contribution in [0.2, 0.25) is 0 Å². The predicted octanol–water partition coefficient (Wildman–Crippen LogP) is 2.73. The minimum atomic E-state index is -0.911. The molecule has 88 valence electrons. The molecule has 1 unspecified atom stereocenters. The largest absolute Gasteiger partial charge is 0.315 e. The minimum absolute atomic E-state index is 0.0474. The Labute approximate surface area is 105 Å². The van der Waals surface area contributed by atoms with E-state index < -0.39 is 5.54 Å². The second kappa shape index (κ2) is 4.82. The first-order valence-electron chi connectivity index (χ1n) is 5.51. The molecule has 0 bridgehead atoms. The zero-order chi connectivity index (χ0) is 12.3. The van der Waals surface area contributed by atoms with Gasteiger partial charge in [0.2, 0.25) is 0 Å². The third-order valence-electron chi connectivity index (χ3n) is 2.87. The summed E-state index contributed by atoms with van der Waals surface area (Å²) < 4.78 is 0. The van der Waals surface area contributed by atoms with E-state index in [0.717, 1.165) is 10.4 Å². The van der Waals surface area contributed by atoms with Crippen molar-refractivity contribution in [2.45, 2.75) is 18.9 Å². The lowest BCUT2D eigenvalue weighted by molar-refractivity contribution is -0.123. The molecule has 0 fully saturated rings. The monoisotopic (exact) mass is 245 g/mol. The first-order chi connectivity index (χ1) is 8.10. The van der Waals surface area contributed by atoms with E-state index in [4.69, 9.17) is 5.73 Å². The summed E-state index contributed by atoms with van der Waals surface area (Å²) in [5.41, 5.74) is 6.10. The van der Waals surface area contributed by atoms with Crippen molar-refractivity contribution in [3.8, 4) is 0 Å². The Balaban J connectivity index is 2.18. The van der Waals surface area contributed by atoms with E-state index in [-0.39, 0.29) is 5.78 Å². The molecule has 0 aliphatic heterocycles. The lowest BCUT2D eigenvalue weighted by atomic mass is 9.87. The first-order valence-corrected chi connectivity index (χ1v) is 6.39. The molecule has 0 saturated carbocycles. The molecule has 0 saturated heterocycles. The van der Waals surface area contributed by atoms with Crippen molar-refractivity contribution in [1.82, 2.24) is 0 Å². The molecule has 1 aromatic carbocycles. The fourth-order valence-electron chi connectivity index (χ4n) is 1.70. The van der Waals surface area contributed by atoms with Crippen LogP contribution in [0.1, 0.15) is 17.4 Å². The Morgan fingerprint density at radius 2 is 1.94 bits per heavy atom. The standard InChI is InChI=1S/C14H15NOS/c1-14(15,11-6-3-2-4-7-11)13(16)10-12-8-5-9-17-12/h2-9H,10,15H2,1H3. The van der Waals surface area contributed by atoms with Gasteiger partial charge in [0, 0.05) is 11.3 Å². The van der Waals surface area contributed by atoms with Crippen LogP contribution in [0.5, 0.6) is 0 Å². The average Bonchev–Trinajstić information content (AvgIpc) is 2.83. The molecule has 3 heteroatoms. The molecule has 2 aromatic rings. The van der Waals surface area contributed by atoms with Crippen LogP contribution in [0.15, 0.2) is 47.8 Å². The zero-order valence-corrected chi connectivity index (χ0v) is 10.5. The van der Waals surface area contributed by atoms with Gasteiger partial charge in [0.15, 0.2) is 5.78 Å². The van der Waals surface area contributed by atoms with Crippen LogP contribution in [0.25, 0.3) is 0 Å². The fraction of sp³-hybridized carbons (Fsp3) is 0.214. The van der Waals surface area contributed by atoms with Gasteiger partial charge in [-0.05, 0) is 23.9 Å². The van der Waals surface area contributed by atoms with Gasteiger partial charge in [0.1, 0.15) is 0 Å². The Bertz CT molecular complexity index is 488. The van der Waals surface area contributed by atoms with E-state index in [1.54, 1.807) is 18.3 Å². The summed E-state index contributed by atoms with van der Waals surface area (Å²) in [5, 5.41) is 1.97. The van der Waals surface area contributed by atoms with Crippen molar-refractivity contribution in [2.24, 2.45) is 5.73 Å². The van der Waals surface area contributed by atoms with Gasteiger partial charge in [0.05, 0.1) is 5.54 Å². The maximum atomic E-state index is 12.2. The predicted molar refractivity (Wildman–Crippen MR) is 71.0 cm³/mol. The lowest BCUT2D eigenvalue weighted by Gasteiger charge is -2.23. The maximum Gasteiger partial charge on any atom is 0.162 e. The molecule has 2 rings (SSSR count). The van der Waals surface area contributed by atoms with E-state index >= 15 is 0 Å². The number of rotatable bonds is 4. The number of nitrogens with two attached hydrogens (primary N) is 1. The molecule has 0 aliphatic carbocycles. The summed E-state index contributed by atoms with van der Waals surface area (Å²) in [5.74, 6) is 0.0474. The van der Waals surface area contributed by atoms with Crippen LogP contribution in [0.4, 0.5) is 0 Å². The van der Waals surface area contributed by atoms with Gasteiger partial charge in [-0.15, -0.1) is 11.3 Å². The molecule has 0 aliphatic rings. The highest BCUT2D eigenvalue weighted by Crippen LogP contribution is 2.21. The number of Topliss-reactive ketones (excluding diaryl/α,β-unsaturated/α-hetero) is 1.